The monoisotopic (exact) mass is 338 g/mol. The van der Waals surface area contributed by atoms with Crippen molar-refractivity contribution in [3.05, 3.63) is 34.9 Å². The molecule has 2 atom stereocenters. The zero-order valence-electron chi connectivity index (χ0n) is 13.0. The Labute approximate surface area is 141 Å². The molecule has 1 aromatic carbocycles. The number of nitrogens with zero attached hydrogens (tertiary/aromatic N) is 2. The fourth-order valence-corrected chi connectivity index (χ4v) is 3.39. The summed E-state index contributed by atoms with van der Waals surface area (Å²) < 4.78 is 0. The molecule has 3 saturated heterocycles. The lowest BCUT2D eigenvalue weighted by molar-refractivity contribution is 0.0147. The second-order valence-electron chi connectivity index (χ2n) is 6.13. The van der Waals surface area contributed by atoms with E-state index in [0.717, 1.165) is 38.3 Å². The lowest BCUT2D eigenvalue weighted by Crippen LogP contribution is -2.63. The number of amides is 2. The van der Waals surface area contributed by atoms with Gasteiger partial charge >= 0.3 is 6.03 Å². The number of aliphatic hydroxyl groups excluding tert-OH is 1. The molecule has 3 fully saturated rings. The first-order valence-corrected chi connectivity index (χ1v) is 8.40. The number of piperazine rings is 3. The number of hydrogen-bond acceptors (Lipinski definition) is 4. The summed E-state index contributed by atoms with van der Waals surface area (Å²) >= 11 is 5.86. The molecule has 23 heavy (non-hydrogen) atoms. The van der Waals surface area contributed by atoms with Crippen molar-refractivity contribution in [1.82, 2.24) is 20.4 Å². The van der Waals surface area contributed by atoms with Crippen LogP contribution in [0.1, 0.15) is 11.6 Å². The van der Waals surface area contributed by atoms with Crippen LogP contribution in [0.15, 0.2) is 24.3 Å². The molecule has 0 radical (unpaired) electrons. The average molecular weight is 339 g/mol. The van der Waals surface area contributed by atoms with E-state index in [2.05, 4.69) is 20.4 Å². The Balaban J connectivity index is 1.49. The van der Waals surface area contributed by atoms with Crippen LogP contribution in [0, 0.1) is 0 Å². The summed E-state index contributed by atoms with van der Waals surface area (Å²) in [4.78, 5) is 17.0. The third-order valence-corrected chi connectivity index (χ3v) is 4.90. The molecule has 3 aliphatic heterocycles. The van der Waals surface area contributed by atoms with Crippen LogP contribution < -0.4 is 10.6 Å². The largest absolute Gasteiger partial charge is 0.394 e. The van der Waals surface area contributed by atoms with Gasteiger partial charge < -0.3 is 15.7 Å². The highest BCUT2D eigenvalue weighted by Crippen LogP contribution is 2.17. The first-order valence-electron chi connectivity index (χ1n) is 8.03. The van der Waals surface area contributed by atoms with Gasteiger partial charge in [-0.3, -0.25) is 9.80 Å². The molecule has 2 bridgehead atoms. The molecule has 0 saturated carbocycles. The molecule has 4 rings (SSSR count). The Hall–Kier alpha value is -1.34. The molecule has 0 spiro atoms. The number of aliphatic hydroxyl groups is 1. The normalized spacial score (nSPS) is 27.5. The maximum absolute atomic E-state index is 12.1. The van der Waals surface area contributed by atoms with E-state index in [-0.39, 0.29) is 12.6 Å². The van der Waals surface area contributed by atoms with E-state index in [1.54, 1.807) is 12.1 Å². The van der Waals surface area contributed by atoms with E-state index in [9.17, 15) is 9.90 Å². The highest BCUT2D eigenvalue weighted by atomic mass is 35.5. The van der Waals surface area contributed by atoms with Gasteiger partial charge in [0.05, 0.1) is 12.6 Å². The number of nitrogens with one attached hydrogen (secondary N) is 2. The molecule has 2 amide bonds. The van der Waals surface area contributed by atoms with Crippen molar-refractivity contribution in [2.75, 3.05) is 45.9 Å². The van der Waals surface area contributed by atoms with E-state index in [4.69, 9.17) is 11.6 Å². The van der Waals surface area contributed by atoms with Crippen LogP contribution in [-0.4, -0.2) is 72.9 Å². The Bertz CT molecular complexity index is 531. The van der Waals surface area contributed by atoms with Crippen molar-refractivity contribution in [3.8, 4) is 0 Å². The number of halogens is 1. The second-order valence-corrected chi connectivity index (χ2v) is 6.57. The van der Waals surface area contributed by atoms with Crippen LogP contribution in [0.25, 0.3) is 0 Å². The first-order chi connectivity index (χ1) is 11.2. The van der Waals surface area contributed by atoms with E-state index < -0.39 is 6.04 Å². The smallest absolute Gasteiger partial charge is 0.315 e. The number of rotatable bonds is 5. The molecule has 6 nitrogen and oxygen atoms in total. The summed E-state index contributed by atoms with van der Waals surface area (Å²) in [5, 5.41) is 15.9. The highest BCUT2D eigenvalue weighted by Gasteiger charge is 2.31. The van der Waals surface area contributed by atoms with Crippen LogP contribution in [0.5, 0.6) is 0 Å². The zero-order valence-corrected chi connectivity index (χ0v) is 13.8. The fourth-order valence-electron chi connectivity index (χ4n) is 3.27. The number of urea groups is 1. The predicted molar refractivity (Wildman–Crippen MR) is 89.6 cm³/mol. The summed E-state index contributed by atoms with van der Waals surface area (Å²) in [6.45, 7) is 5.91. The zero-order chi connectivity index (χ0) is 16.2. The molecule has 3 heterocycles. The van der Waals surface area contributed by atoms with Gasteiger partial charge in [-0.25, -0.2) is 4.79 Å². The van der Waals surface area contributed by atoms with Crippen molar-refractivity contribution < 1.29 is 9.90 Å². The molecule has 126 valence electrons. The van der Waals surface area contributed by atoms with Crippen molar-refractivity contribution in [2.24, 2.45) is 0 Å². The summed E-state index contributed by atoms with van der Waals surface area (Å²) in [5.74, 6) is 0. The number of carbonyl (C=O) groups excluding carboxylic acids is 1. The van der Waals surface area contributed by atoms with Gasteiger partial charge in [0, 0.05) is 50.3 Å². The quantitative estimate of drug-likeness (QED) is 0.738. The van der Waals surface area contributed by atoms with Crippen LogP contribution >= 0.6 is 11.6 Å². The van der Waals surface area contributed by atoms with E-state index in [1.165, 1.54) is 0 Å². The molecular weight excluding hydrogens is 316 g/mol. The molecule has 2 unspecified atom stereocenters. The fraction of sp³-hybridized carbons (Fsp3) is 0.562. The van der Waals surface area contributed by atoms with Gasteiger partial charge in [0.2, 0.25) is 0 Å². The minimum atomic E-state index is -0.431. The SMILES string of the molecule is O=C(NCC1CN2CCN1CC2)NC(CO)c1ccc(Cl)cc1. The van der Waals surface area contributed by atoms with Crippen LogP contribution in [0.3, 0.4) is 0 Å². The van der Waals surface area contributed by atoms with Gasteiger partial charge in [0.15, 0.2) is 0 Å². The Morgan fingerprint density at radius 3 is 2.52 bits per heavy atom. The topological polar surface area (TPSA) is 67.8 Å². The standard InChI is InChI=1S/C16H23ClN4O2/c17-13-3-1-12(2-4-13)15(11-22)19-16(23)18-9-14-10-20-5-7-21(14)8-6-20/h1-4,14-15,22H,5-11H2,(H2,18,19,23). The molecule has 0 aromatic heterocycles. The molecular formula is C16H23ClN4O2. The van der Waals surface area contributed by atoms with Crippen molar-refractivity contribution in [2.45, 2.75) is 12.1 Å². The molecule has 3 aliphatic rings. The Morgan fingerprint density at radius 2 is 1.96 bits per heavy atom. The van der Waals surface area contributed by atoms with Crippen LogP contribution in [0.2, 0.25) is 5.02 Å². The van der Waals surface area contributed by atoms with Crippen molar-refractivity contribution in [1.29, 1.82) is 0 Å². The molecule has 3 N–H and O–H groups in total. The minimum absolute atomic E-state index is 0.154. The summed E-state index contributed by atoms with van der Waals surface area (Å²) in [6, 6.07) is 6.81. The average Bonchev–Trinajstić information content (AvgIpc) is 2.60. The van der Waals surface area contributed by atoms with E-state index >= 15 is 0 Å². The van der Waals surface area contributed by atoms with Gasteiger partial charge in [0.1, 0.15) is 0 Å². The summed E-state index contributed by atoms with van der Waals surface area (Å²) in [7, 11) is 0. The van der Waals surface area contributed by atoms with Crippen molar-refractivity contribution >= 4 is 17.6 Å². The molecule has 1 aromatic rings. The first kappa shape index (κ1) is 16.5. The highest BCUT2D eigenvalue weighted by molar-refractivity contribution is 6.30. The maximum Gasteiger partial charge on any atom is 0.315 e. The van der Waals surface area contributed by atoms with Gasteiger partial charge in [-0.15, -0.1) is 0 Å². The van der Waals surface area contributed by atoms with Crippen LogP contribution in [0.4, 0.5) is 4.79 Å². The van der Waals surface area contributed by atoms with E-state index in [1.807, 2.05) is 12.1 Å². The van der Waals surface area contributed by atoms with Gasteiger partial charge in [-0.1, -0.05) is 23.7 Å². The number of carbonyl (C=O) groups is 1. The molecule has 0 aliphatic carbocycles. The predicted octanol–water partition coefficient (Wildman–Crippen LogP) is 0.672. The van der Waals surface area contributed by atoms with Crippen molar-refractivity contribution in [3.63, 3.8) is 0 Å². The minimum Gasteiger partial charge on any atom is -0.394 e. The third kappa shape index (κ3) is 4.14. The number of hydrogen-bond donors (Lipinski definition) is 3. The summed E-state index contributed by atoms with van der Waals surface area (Å²) in [6.07, 6.45) is 0. The van der Waals surface area contributed by atoms with Gasteiger partial charge in [-0.05, 0) is 17.7 Å². The summed E-state index contributed by atoms with van der Waals surface area (Å²) in [5.41, 5.74) is 0.832. The Kier molecular flexibility index (Phi) is 5.38. The molecule has 7 heteroatoms. The third-order valence-electron chi connectivity index (χ3n) is 4.65. The van der Waals surface area contributed by atoms with Gasteiger partial charge in [-0.2, -0.15) is 0 Å². The van der Waals surface area contributed by atoms with Gasteiger partial charge in [0.25, 0.3) is 0 Å². The maximum atomic E-state index is 12.1. The number of fused-ring (bicyclic) bond motifs is 3. The second kappa shape index (κ2) is 7.49. The van der Waals surface area contributed by atoms with Crippen LogP contribution in [-0.2, 0) is 0 Å². The Morgan fingerprint density at radius 1 is 1.26 bits per heavy atom. The van der Waals surface area contributed by atoms with E-state index in [0.29, 0.717) is 17.6 Å². The lowest BCUT2D eigenvalue weighted by atomic mass is 10.1. The number of benzene rings is 1. The lowest BCUT2D eigenvalue weighted by Gasteiger charge is -2.47.